The number of hydrogen-bond donors (Lipinski definition) is 0. The Morgan fingerprint density at radius 3 is 1.06 bits per heavy atom. The minimum Gasteiger partial charge on any atom is -0.648 e. The van der Waals surface area contributed by atoms with E-state index in [1.165, 1.54) is 13.2 Å². The van der Waals surface area contributed by atoms with Gasteiger partial charge in [-0.2, -0.15) is 6.92 Å². The number of carbonyl (C=O) groups is 1. The largest absolute Gasteiger partial charge is 0.648 e. The SMILES string of the molecule is CC.CC(=O)C1(C)C(C)(C)C1(C)C.CC(C)(O[C-]=O)C1(C)C(C)(C)C1(C)C.C[C-]=O.[W].[W]. The van der Waals surface area contributed by atoms with Crippen LogP contribution < -0.4 is 0 Å². The summed E-state index contributed by atoms with van der Waals surface area (Å²) in [6.45, 7) is 34.4. The predicted molar refractivity (Wildman–Crippen MR) is 126 cm³/mol. The third kappa shape index (κ3) is 5.37. The Kier molecular flexibility index (Phi) is 15.1. The fraction of sp³-hybridized carbons (Fsp3) is 0.885. The second-order valence-corrected chi connectivity index (χ2v) is 11.2. The molecule has 0 atom stereocenters. The molecular weight excluding hydrogens is 744 g/mol. The van der Waals surface area contributed by atoms with Crippen LogP contribution in [-0.4, -0.2) is 24.1 Å². The standard InChI is InChI=1S/C12H21O2.C10H18O.C2H3O.C2H6.2W/c1-9(2)10(3,4)12(9,7)11(5,6)14-8-13;1-7(11)10(6)8(2,3)9(10,4)5;1-2-3;1-2;;/h1-7H3;1-6H3;1H3;1-2H3;;/q-1;;-1;;;. The quantitative estimate of drug-likeness (QED) is 0.298. The molecule has 2 aliphatic rings. The van der Waals surface area contributed by atoms with Crippen molar-refractivity contribution in [3.8, 4) is 0 Å². The Bertz CT molecular complexity index is 604. The van der Waals surface area contributed by atoms with Gasteiger partial charge in [-0.25, -0.2) is 0 Å². The van der Waals surface area contributed by atoms with Crippen LogP contribution in [0.15, 0.2) is 0 Å². The van der Waals surface area contributed by atoms with Crippen LogP contribution in [0.3, 0.4) is 0 Å². The summed E-state index contributed by atoms with van der Waals surface area (Å²) in [5, 5.41) is 0. The molecule has 2 aliphatic carbocycles. The molecule has 2 saturated carbocycles. The minimum absolute atomic E-state index is 0. The van der Waals surface area contributed by atoms with Crippen LogP contribution in [0.5, 0.6) is 0 Å². The molecule has 0 aromatic carbocycles. The van der Waals surface area contributed by atoms with E-state index in [-0.39, 0.29) is 74.6 Å². The van der Waals surface area contributed by atoms with E-state index < -0.39 is 5.60 Å². The van der Waals surface area contributed by atoms with Crippen LogP contribution in [-0.2, 0) is 61.3 Å². The zero-order valence-electron chi connectivity index (χ0n) is 23.4. The zero-order chi connectivity index (χ0) is 25.2. The second-order valence-electron chi connectivity index (χ2n) is 11.2. The summed E-state index contributed by atoms with van der Waals surface area (Å²) in [5.74, 6) is 0.326. The van der Waals surface area contributed by atoms with Gasteiger partial charge in [0.2, 0.25) is 0 Å². The Morgan fingerprint density at radius 2 is 0.969 bits per heavy atom. The maximum atomic E-state index is 11.4. The molecule has 32 heavy (non-hydrogen) atoms. The maximum absolute atomic E-state index is 11.4. The summed E-state index contributed by atoms with van der Waals surface area (Å²) in [4.78, 5) is 30.4. The zero-order valence-corrected chi connectivity index (χ0v) is 29.3. The molecule has 0 N–H and O–H groups in total. The first kappa shape index (κ1) is 39.4. The topological polar surface area (TPSA) is 60.4 Å². The molecule has 0 aromatic rings. The van der Waals surface area contributed by atoms with E-state index in [4.69, 9.17) is 9.53 Å². The number of Topliss-reactive ketones (excluding diaryl/α,β-unsaturated/α-hetero) is 1. The van der Waals surface area contributed by atoms with Gasteiger partial charge in [-0.3, -0.25) is 11.1 Å². The number of hydrogen-bond acceptors (Lipinski definition) is 4. The van der Waals surface area contributed by atoms with Crippen molar-refractivity contribution in [3.05, 3.63) is 0 Å². The van der Waals surface area contributed by atoms with Gasteiger partial charge in [0.05, 0.1) is 5.60 Å². The molecule has 0 heterocycles. The number of carbonyl (C=O) groups excluding carboxylic acids is 3. The van der Waals surface area contributed by atoms with Crippen LogP contribution in [0.25, 0.3) is 0 Å². The monoisotopic (exact) mass is 792 g/mol. The van der Waals surface area contributed by atoms with Gasteiger partial charge in [-0.15, -0.1) is 0 Å². The van der Waals surface area contributed by atoms with Crippen molar-refractivity contribution in [2.24, 2.45) is 32.5 Å². The molecule has 0 aromatic heterocycles. The second kappa shape index (κ2) is 12.2. The predicted octanol–water partition coefficient (Wildman–Crippen LogP) is 6.71. The molecule has 0 radical (unpaired) electrons. The van der Waals surface area contributed by atoms with Gasteiger partial charge in [-0.1, -0.05) is 89.6 Å². The van der Waals surface area contributed by atoms with Crippen molar-refractivity contribution in [3.63, 3.8) is 0 Å². The van der Waals surface area contributed by atoms with E-state index in [0.717, 1.165) is 0 Å². The minimum atomic E-state index is -0.457. The van der Waals surface area contributed by atoms with Crippen LogP contribution >= 0.6 is 0 Å². The normalized spacial score (nSPS) is 22.5. The van der Waals surface area contributed by atoms with E-state index in [1.54, 1.807) is 13.4 Å². The van der Waals surface area contributed by atoms with Crippen molar-refractivity contribution in [2.45, 2.75) is 116 Å². The molecule has 0 spiro atoms. The van der Waals surface area contributed by atoms with Gasteiger partial charge in [0.1, 0.15) is 5.78 Å². The summed E-state index contributed by atoms with van der Waals surface area (Å²) >= 11 is 0. The fourth-order valence-electron chi connectivity index (χ4n) is 5.78. The van der Waals surface area contributed by atoms with Gasteiger partial charge >= 0.3 is 0 Å². The summed E-state index contributed by atoms with van der Waals surface area (Å²) in [6.07, 6.45) is 1.50. The molecule has 0 amide bonds. The van der Waals surface area contributed by atoms with Crippen LogP contribution in [0.1, 0.15) is 111 Å². The molecule has 190 valence electrons. The van der Waals surface area contributed by atoms with Crippen molar-refractivity contribution in [1.82, 2.24) is 0 Å². The Hall–Kier alpha value is 0.187. The molecule has 0 saturated heterocycles. The first-order chi connectivity index (χ1) is 13.2. The third-order valence-corrected chi connectivity index (χ3v) is 10.2. The Labute approximate surface area is 227 Å². The van der Waals surface area contributed by atoms with Crippen molar-refractivity contribution >= 4 is 18.5 Å². The van der Waals surface area contributed by atoms with Gasteiger partial charge in [-0.05, 0) is 42.4 Å². The van der Waals surface area contributed by atoms with Crippen molar-refractivity contribution < 1.29 is 61.3 Å². The van der Waals surface area contributed by atoms with Gasteiger partial charge < -0.3 is 14.3 Å². The van der Waals surface area contributed by atoms with E-state index in [1.807, 2.05) is 27.7 Å². The first-order valence-electron chi connectivity index (χ1n) is 11.0. The van der Waals surface area contributed by atoms with E-state index in [2.05, 4.69) is 69.2 Å². The third-order valence-electron chi connectivity index (χ3n) is 10.2. The summed E-state index contributed by atoms with van der Waals surface area (Å²) < 4.78 is 5.12. The smallest absolute Gasteiger partial charge is 0.136 e. The summed E-state index contributed by atoms with van der Waals surface area (Å²) in [7, 11) is 0. The molecule has 0 aliphatic heterocycles. The van der Waals surface area contributed by atoms with E-state index in [9.17, 15) is 9.59 Å². The molecule has 2 rings (SSSR count). The summed E-state index contributed by atoms with van der Waals surface area (Å²) in [6, 6.07) is 0. The number of ether oxygens (including phenoxy) is 1. The number of rotatable bonds is 4. The van der Waals surface area contributed by atoms with E-state index in [0.29, 0.717) is 5.78 Å². The van der Waals surface area contributed by atoms with Gasteiger partial charge in [0.25, 0.3) is 0 Å². The fourth-order valence-corrected chi connectivity index (χ4v) is 5.78. The molecule has 4 nitrogen and oxygen atoms in total. The maximum Gasteiger partial charge on any atom is 0.136 e. The average Bonchev–Trinajstić information content (AvgIpc) is 3.11. The van der Waals surface area contributed by atoms with Gasteiger partial charge in [0.15, 0.2) is 0 Å². The van der Waals surface area contributed by atoms with Crippen LogP contribution in [0.2, 0.25) is 0 Å². The summed E-state index contributed by atoms with van der Waals surface area (Å²) in [5.41, 5.74) is 0.157. The molecular formula is C26H48O4W2-2. The molecule has 0 unspecified atom stereocenters. The van der Waals surface area contributed by atoms with Crippen LogP contribution in [0.4, 0.5) is 0 Å². The molecule has 6 heteroatoms. The van der Waals surface area contributed by atoms with Crippen molar-refractivity contribution in [2.75, 3.05) is 0 Å². The van der Waals surface area contributed by atoms with Crippen molar-refractivity contribution in [1.29, 1.82) is 0 Å². The van der Waals surface area contributed by atoms with Crippen LogP contribution in [0, 0.1) is 32.5 Å². The van der Waals surface area contributed by atoms with E-state index >= 15 is 0 Å². The average molecular weight is 792 g/mol. The molecule has 2 fully saturated rings. The van der Waals surface area contributed by atoms with Gasteiger partial charge in [0, 0.05) is 53.0 Å². The molecule has 0 bridgehead atoms. The first-order valence-corrected chi connectivity index (χ1v) is 11.0. The Balaban J connectivity index is -0.000000197. The number of ketones is 1. The Morgan fingerprint density at radius 1 is 0.719 bits per heavy atom.